The molecule has 1 aliphatic rings. The van der Waals surface area contributed by atoms with Crippen LogP contribution in [0.2, 0.25) is 0 Å². The van der Waals surface area contributed by atoms with Crippen LogP contribution in [0, 0.1) is 5.92 Å². The highest BCUT2D eigenvalue weighted by molar-refractivity contribution is 5.67. The van der Waals surface area contributed by atoms with Gasteiger partial charge in [-0.1, -0.05) is 37.3 Å². The van der Waals surface area contributed by atoms with E-state index >= 15 is 0 Å². The van der Waals surface area contributed by atoms with E-state index in [4.69, 9.17) is 4.74 Å². The number of ether oxygens (including phenoxy) is 1. The maximum Gasteiger partial charge on any atom is 0.410 e. The molecule has 0 N–H and O–H groups in total. The highest BCUT2D eigenvalue weighted by Gasteiger charge is 2.25. The van der Waals surface area contributed by atoms with Gasteiger partial charge < -0.3 is 9.64 Å². The topological polar surface area (TPSA) is 29.5 Å². The van der Waals surface area contributed by atoms with Gasteiger partial charge in [0.15, 0.2) is 0 Å². The monoisotopic (exact) mass is 261 g/mol. The molecule has 0 spiro atoms. The SMILES string of the molecule is CC1CCC(N(C)C(=O)OCc2ccccc2)CC1. The van der Waals surface area contributed by atoms with Gasteiger partial charge in [-0.15, -0.1) is 0 Å². The van der Waals surface area contributed by atoms with Crippen molar-refractivity contribution in [2.75, 3.05) is 7.05 Å². The first-order chi connectivity index (χ1) is 9.16. The summed E-state index contributed by atoms with van der Waals surface area (Å²) >= 11 is 0. The largest absolute Gasteiger partial charge is 0.445 e. The minimum absolute atomic E-state index is 0.205. The number of nitrogens with zero attached hydrogens (tertiary/aromatic N) is 1. The third kappa shape index (κ3) is 3.98. The summed E-state index contributed by atoms with van der Waals surface area (Å²) in [7, 11) is 1.86. The van der Waals surface area contributed by atoms with Crippen molar-refractivity contribution in [2.24, 2.45) is 5.92 Å². The molecule has 0 aliphatic heterocycles. The molecule has 0 saturated heterocycles. The van der Waals surface area contributed by atoms with Crippen LogP contribution in [0.15, 0.2) is 30.3 Å². The molecule has 3 heteroatoms. The van der Waals surface area contributed by atoms with Crippen LogP contribution in [0.5, 0.6) is 0 Å². The second-order valence-electron chi connectivity index (χ2n) is 5.56. The quantitative estimate of drug-likeness (QED) is 0.827. The number of benzene rings is 1. The molecule has 1 aromatic rings. The van der Waals surface area contributed by atoms with Gasteiger partial charge in [0, 0.05) is 13.1 Å². The van der Waals surface area contributed by atoms with Crippen molar-refractivity contribution in [3.63, 3.8) is 0 Å². The normalized spacial score (nSPS) is 22.8. The molecule has 0 bridgehead atoms. The first kappa shape index (κ1) is 13.9. The molecular formula is C16H23NO2. The van der Waals surface area contributed by atoms with E-state index in [1.807, 2.05) is 37.4 Å². The summed E-state index contributed by atoms with van der Waals surface area (Å²) in [6.45, 7) is 2.64. The van der Waals surface area contributed by atoms with Gasteiger partial charge in [-0.3, -0.25) is 0 Å². The van der Waals surface area contributed by atoms with E-state index in [2.05, 4.69) is 6.92 Å². The summed E-state index contributed by atoms with van der Waals surface area (Å²) in [5.74, 6) is 0.796. The molecule has 0 aromatic heterocycles. The Bertz CT molecular complexity index is 396. The molecule has 2 rings (SSSR count). The van der Waals surface area contributed by atoms with Gasteiger partial charge in [-0.2, -0.15) is 0 Å². The molecule has 1 aromatic carbocycles. The van der Waals surface area contributed by atoms with Crippen LogP contribution >= 0.6 is 0 Å². The smallest absolute Gasteiger partial charge is 0.410 e. The Kier molecular flexibility index (Phi) is 4.83. The molecule has 0 heterocycles. The summed E-state index contributed by atoms with van der Waals surface area (Å²) in [5.41, 5.74) is 1.03. The van der Waals surface area contributed by atoms with Gasteiger partial charge in [0.2, 0.25) is 0 Å². The molecule has 0 atom stereocenters. The highest BCUT2D eigenvalue weighted by atomic mass is 16.6. The van der Waals surface area contributed by atoms with E-state index in [0.29, 0.717) is 12.6 Å². The lowest BCUT2D eigenvalue weighted by Crippen LogP contribution is -2.39. The fourth-order valence-electron chi connectivity index (χ4n) is 2.60. The van der Waals surface area contributed by atoms with E-state index in [9.17, 15) is 4.79 Å². The Morgan fingerprint density at radius 3 is 2.47 bits per heavy atom. The van der Waals surface area contributed by atoms with E-state index < -0.39 is 0 Å². The van der Waals surface area contributed by atoms with Crippen LogP contribution < -0.4 is 0 Å². The molecule has 0 unspecified atom stereocenters. The van der Waals surface area contributed by atoms with E-state index in [1.165, 1.54) is 12.8 Å². The molecule has 1 fully saturated rings. The Balaban J connectivity index is 1.79. The second kappa shape index (κ2) is 6.60. The van der Waals surface area contributed by atoms with Crippen LogP contribution in [-0.4, -0.2) is 24.1 Å². The first-order valence-electron chi connectivity index (χ1n) is 7.10. The molecular weight excluding hydrogens is 238 g/mol. The fourth-order valence-corrected chi connectivity index (χ4v) is 2.60. The third-order valence-electron chi connectivity index (χ3n) is 4.03. The summed E-state index contributed by atoms with van der Waals surface area (Å²) in [6.07, 6.45) is 4.40. The molecule has 1 saturated carbocycles. The predicted octanol–water partition coefficient (Wildman–Crippen LogP) is 3.83. The molecule has 1 amide bonds. The summed E-state index contributed by atoms with van der Waals surface area (Å²) in [6, 6.07) is 10.1. The Morgan fingerprint density at radius 2 is 1.84 bits per heavy atom. The van der Waals surface area contributed by atoms with Crippen LogP contribution in [0.3, 0.4) is 0 Å². The van der Waals surface area contributed by atoms with Gasteiger partial charge in [-0.25, -0.2) is 4.79 Å². The van der Waals surface area contributed by atoms with Crippen LogP contribution in [0.4, 0.5) is 4.79 Å². The van der Waals surface area contributed by atoms with Crippen molar-refractivity contribution in [3.8, 4) is 0 Å². The zero-order chi connectivity index (χ0) is 13.7. The van der Waals surface area contributed by atoms with Crippen molar-refractivity contribution >= 4 is 6.09 Å². The number of hydrogen-bond acceptors (Lipinski definition) is 2. The summed E-state index contributed by atoms with van der Waals surface area (Å²) < 4.78 is 5.36. The maximum atomic E-state index is 12.0. The fraction of sp³-hybridized carbons (Fsp3) is 0.562. The molecule has 104 valence electrons. The van der Waals surface area contributed by atoms with Crippen molar-refractivity contribution in [3.05, 3.63) is 35.9 Å². The number of carbonyl (C=O) groups excluding carboxylic acids is 1. The minimum Gasteiger partial charge on any atom is -0.445 e. The lowest BCUT2D eigenvalue weighted by atomic mass is 9.87. The van der Waals surface area contributed by atoms with Crippen LogP contribution in [0.25, 0.3) is 0 Å². The highest BCUT2D eigenvalue weighted by Crippen LogP contribution is 2.26. The Labute approximate surface area is 115 Å². The van der Waals surface area contributed by atoms with Gasteiger partial charge >= 0.3 is 6.09 Å². The maximum absolute atomic E-state index is 12.0. The molecule has 3 nitrogen and oxygen atoms in total. The average molecular weight is 261 g/mol. The van der Waals surface area contributed by atoms with Crippen molar-refractivity contribution in [2.45, 2.75) is 45.3 Å². The number of rotatable bonds is 3. The second-order valence-corrected chi connectivity index (χ2v) is 5.56. The van der Waals surface area contributed by atoms with E-state index in [-0.39, 0.29) is 6.09 Å². The first-order valence-corrected chi connectivity index (χ1v) is 7.10. The minimum atomic E-state index is -0.205. The lowest BCUT2D eigenvalue weighted by molar-refractivity contribution is 0.0800. The third-order valence-corrected chi connectivity index (χ3v) is 4.03. The van der Waals surface area contributed by atoms with Crippen molar-refractivity contribution < 1.29 is 9.53 Å². The summed E-state index contributed by atoms with van der Waals surface area (Å²) in [5, 5.41) is 0. The van der Waals surface area contributed by atoms with Gasteiger partial charge in [0.05, 0.1) is 0 Å². The van der Waals surface area contributed by atoms with Gasteiger partial charge in [-0.05, 0) is 37.2 Å². The van der Waals surface area contributed by atoms with Crippen molar-refractivity contribution in [1.29, 1.82) is 0 Å². The van der Waals surface area contributed by atoms with E-state index in [1.54, 1.807) is 4.90 Å². The Morgan fingerprint density at radius 1 is 1.21 bits per heavy atom. The van der Waals surface area contributed by atoms with Crippen molar-refractivity contribution in [1.82, 2.24) is 4.90 Å². The lowest BCUT2D eigenvalue weighted by Gasteiger charge is -2.32. The standard InChI is InChI=1S/C16H23NO2/c1-13-8-10-15(11-9-13)17(2)16(18)19-12-14-6-4-3-5-7-14/h3-7,13,15H,8-12H2,1-2H3. The average Bonchev–Trinajstić information content (AvgIpc) is 2.46. The number of hydrogen-bond donors (Lipinski definition) is 0. The number of carbonyl (C=O) groups is 1. The number of amides is 1. The van der Waals surface area contributed by atoms with E-state index in [0.717, 1.165) is 24.3 Å². The summed E-state index contributed by atoms with van der Waals surface area (Å²) in [4.78, 5) is 13.8. The molecule has 0 radical (unpaired) electrons. The zero-order valence-corrected chi connectivity index (χ0v) is 11.8. The Hall–Kier alpha value is -1.51. The molecule has 1 aliphatic carbocycles. The van der Waals surface area contributed by atoms with Crippen LogP contribution in [-0.2, 0) is 11.3 Å². The zero-order valence-electron chi connectivity index (χ0n) is 11.8. The molecule has 19 heavy (non-hydrogen) atoms. The van der Waals surface area contributed by atoms with Gasteiger partial charge in [0.25, 0.3) is 0 Å². The predicted molar refractivity (Wildman–Crippen MR) is 75.8 cm³/mol. The van der Waals surface area contributed by atoms with Gasteiger partial charge in [0.1, 0.15) is 6.61 Å². The van der Waals surface area contributed by atoms with Crippen LogP contribution in [0.1, 0.15) is 38.2 Å².